The highest BCUT2D eigenvalue weighted by Gasteiger charge is 2.57. The summed E-state index contributed by atoms with van der Waals surface area (Å²) in [5, 5.41) is 15.9. The number of halogens is 3. The molecule has 2 heterocycles. The molecular weight excluding hydrogens is 471 g/mol. The Balaban J connectivity index is 1.76. The Morgan fingerprint density at radius 1 is 1.29 bits per heavy atom. The number of hydrogen-bond acceptors (Lipinski definition) is 6. The van der Waals surface area contributed by atoms with E-state index in [1.165, 1.54) is 11.8 Å². The fraction of sp³-hybridized carbons (Fsp3) is 0.826. The summed E-state index contributed by atoms with van der Waals surface area (Å²) in [4.78, 5) is 52.4. The lowest BCUT2D eigenvalue weighted by atomic mass is 9.92. The van der Waals surface area contributed by atoms with Gasteiger partial charge in [0.25, 0.3) is 5.91 Å². The molecule has 12 heteroatoms. The maximum Gasteiger partial charge on any atom is 0.522 e. The van der Waals surface area contributed by atoms with E-state index >= 15 is 0 Å². The molecule has 198 valence electrons. The zero-order chi connectivity index (χ0) is 26.2. The number of Topliss-reactive ketones (excluding diaryl/α,β-unsaturated/α-hetero) is 1. The number of carbonyl (C=O) groups is 4. The van der Waals surface area contributed by atoms with Crippen molar-refractivity contribution in [2.75, 3.05) is 19.7 Å². The highest BCUT2D eigenvalue weighted by atomic mass is 19.4. The van der Waals surface area contributed by atoms with E-state index in [1.54, 1.807) is 0 Å². The molecule has 1 spiro atoms. The molecule has 0 aromatic rings. The number of alkyl halides is 3. The summed E-state index contributed by atoms with van der Waals surface area (Å²) in [6, 6.07) is -2.36. The minimum atomic E-state index is -5.02. The van der Waals surface area contributed by atoms with Gasteiger partial charge in [-0.2, -0.15) is 0 Å². The molecule has 3 aliphatic rings. The van der Waals surface area contributed by atoms with Crippen LogP contribution in [0.15, 0.2) is 0 Å². The van der Waals surface area contributed by atoms with Crippen LogP contribution in [-0.2, 0) is 23.9 Å². The first-order chi connectivity index (χ1) is 16.1. The number of aliphatic hydroxyl groups is 1. The highest BCUT2D eigenvalue weighted by Crippen LogP contribution is 2.55. The maximum absolute atomic E-state index is 13.3. The van der Waals surface area contributed by atoms with Gasteiger partial charge in [-0.25, -0.2) is 0 Å². The van der Waals surface area contributed by atoms with Gasteiger partial charge < -0.3 is 20.6 Å². The van der Waals surface area contributed by atoms with Crippen LogP contribution in [0.25, 0.3) is 0 Å². The number of nitrogens with one attached hydrogen (secondary N) is 2. The molecule has 2 aliphatic heterocycles. The van der Waals surface area contributed by atoms with Gasteiger partial charge in [0, 0.05) is 19.0 Å². The molecule has 1 saturated carbocycles. The lowest BCUT2D eigenvalue weighted by Crippen LogP contribution is -2.56. The standard InChI is InChI=1S/C23H34F3N3O6/c1-13(2)9-21(3,34)20(33)29-12-22(5-6-22)10-16(29)19(32)28-15(8-14-4-7-27-18(14)31)17(30)11-35-23(24,25)26/h13-16,34H,4-12H2,1-3H3,(H,27,31)(H,28,32)/t14-,15?,16-,21?/m0/s1. The van der Waals surface area contributed by atoms with Gasteiger partial charge in [-0.1, -0.05) is 13.8 Å². The zero-order valence-corrected chi connectivity index (χ0v) is 20.2. The van der Waals surface area contributed by atoms with Crippen LogP contribution in [0.4, 0.5) is 13.2 Å². The SMILES string of the molecule is CC(C)CC(C)(O)C(=O)N1CC2(CC2)C[C@H]1C(=O)NC(C[C@@H]1CCNC1=O)C(=O)COC(F)(F)F. The fourth-order valence-corrected chi connectivity index (χ4v) is 5.18. The third-order valence-electron chi connectivity index (χ3n) is 7.06. The number of ether oxygens (including phenoxy) is 1. The van der Waals surface area contributed by atoms with E-state index in [-0.39, 0.29) is 30.1 Å². The molecule has 0 radical (unpaired) electrons. The summed E-state index contributed by atoms with van der Waals surface area (Å²) in [7, 11) is 0. The van der Waals surface area contributed by atoms with Crippen molar-refractivity contribution in [1.82, 2.24) is 15.5 Å². The Morgan fingerprint density at radius 3 is 2.46 bits per heavy atom. The third-order valence-corrected chi connectivity index (χ3v) is 7.06. The van der Waals surface area contributed by atoms with Crippen molar-refractivity contribution >= 4 is 23.5 Å². The predicted molar refractivity (Wildman–Crippen MR) is 117 cm³/mol. The van der Waals surface area contributed by atoms with Gasteiger partial charge in [0.1, 0.15) is 18.2 Å². The Bertz CT molecular complexity index is 856. The van der Waals surface area contributed by atoms with Gasteiger partial charge in [-0.15, -0.1) is 13.2 Å². The van der Waals surface area contributed by atoms with Gasteiger partial charge in [-0.3, -0.25) is 23.9 Å². The minimum absolute atomic E-state index is 0.0203. The molecule has 3 rings (SSSR count). The largest absolute Gasteiger partial charge is 0.522 e. The zero-order valence-electron chi connectivity index (χ0n) is 20.2. The summed E-state index contributed by atoms with van der Waals surface area (Å²) < 4.78 is 41.1. The number of hydrogen-bond donors (Lipinski definition) is 3. The Morgan fingerprint density at radius 2 is 1.94 bits per heavy atom. The van der Waals surface area contributed by atoms with Crippen molar-refractivity contribution in [3.63, 3.8) is 0 Å². The topological polar surface area (TPSA) is 125 Å². The molecule has 9 nitrogen and oxygen atoms in total. The quantitative estimate of drug-likeness (QED) is 0.411. The molecule has 0 bridgehead atoms. The molecule has 3 fully saturated rings. The molecule has 2 saturated heterocycles. The van der Waals surface area contributed by atoms with Crippen molar-refractivity contribution in [2.24, 2.45) is 17.3 Å². The average Bonchev–Trinajstić information content (AvgIpc) is 3.19. The first-order valence-corrected chi connectivity index (χ1v) is 12.0. The lowest BCUT2D eigenvalue weighted by molar-refractivity contribution is -0.321. The first-order valence-electron chi connectivity index (χ1n) is 12.0. The van der Waals surface area contributed by atoms with E-state index in [9.17, 15) is 37.5 Å². The van der Waals surface area contributed by atoms with E-state index in [0.717, 1.165) is 12.8 Å². The van der Waals surface area contributed by atoms with Crippen molar-refractivity contribution in [3.8, 4) is 0 Å². The number of rotatable bonds is 10. The number of likely N-dealkylation sites (tertiary alicyclic amines) is 1. The van der Waals surface area contributed by atoms with Crippen LogP contribution in [0.5, 0.6) is 0 Å². The molecule has 0 aromatic carbocycles. The van der Waals surface area contributed by atoms with Gasteiger partial charge >= 0.3 is 6.36 Å². The van der Waals surface area contributed by atoms with Crippen LogP contribution in [0, 0.1) is 17.3 Å². The number of nitrogens with zero attached hydrogens (tertiary/aromatic N) is 1. The van der Waals surface area contributed by atoms with Gasteiger partial charge in [0.05, 0.1) is 6.04 Å². The summed E-state index contributed by atoms with van der Waals surface area (Å²) in [6.45, 7) is 4.48. The Labute approximate surface area is 202 Å². The first kappa shape index (κ1) is 27.4. The van der Waals surface area contributed by atoms with Crippen LogP contribution in [-0.4, -0.2) is 77.3 Å². The molecule has 2 unspecified atom stereocenters. The van der Waals surface area contributed by atoms with Crippen LogP contribution < -0.4 is 10.6 Å². The second-order valence-electron chi connectivity index (χ2n) is 10.8. The minimum Gasteiger partial charge on any atom is -0.380 e. The molecule has 0 aromatic heterocycles. The molecule has 1 aliphatic carbocycles. The van der Waals surface area contributed by atoms with Crippen molar-refractivity contribution in [3.05, 3.63) is 0 Å². The lowest BCUT2D eigenvalue weighted by Gasteiger charge is -2.33. The summed E-state index contributed by atoms with van der Waals surface area (Å²) in [5.41, 5.74) is -1.92. The Kier molecular flexibility index (Phi) is 7.85. The van der Waals surface area contributed by atoms with Crippen LogP contribution in [0.3, 0.4) is 0 Å². The van der Waals surface area contributed by atoms with E-state index in [1.807, 2.05) is 13.8 Å². The van der Waals surface area contributed by atoms with Crippen LogP contribution in [0.2, 0.25) is 0 Å². The second-order valence-corrected chi connectivity index (χ2v) is 10.8. The fourth-order valence-electron chi connectivity index (χ4n) is 5.18. The normalized spacial score (nSPS) is 25.9. The van der Waals surface area contributed by atoms with Gasteiger partial charge in [-0.05, 0) is 56.8 Å². The van der Waals surface area contributed by atoms with Gasteiger partial charge in [0.2, 0.25) is 11.8 Å². The molecular formula is C23H34F3N3O6. The number of carbonyl (C=O) groups excluding carboxylic acids is 4. The average molecular weight is 506 g/mol. The monoisotopic (exact) mass is 505 g/mol. The second kappa shape index (κ2) is 10.0. The van der Waals surface area contributed by atoms with E-state index < -0.39 is 54.2 Å². The van der Waals surface area contributed by atoms with Crippen molar-refractivity contribution in [1.29, 1.82) is 0 Å². The smallest absolute Gasteiger partial charge is 0.380 e. The predicted octanol–water partition coefficient (Wildman–Crippen LogP) is 1.28. The summed E-state index contributed by atoms with van der Waals surface area (Å²) >= 11 is 0. The summed E-state index contributed by atoms with van der Waals surface area (Å²) in [5.74, 6) is -3.25. The van der Waals surface area contributed by atoms with Crippen molar-refractivity contribution < 1.29 is 42.2 Å². The molecule has 35 heavy (non-hydrogen) atoms. The third kappa shape index (κ3) is 6.93. The van der Waals surface area contributed by atoms with Crippen LogP contribution in [0.1, 0.15) is 59.3 Å². The maximum atomic E-state index is 13.3. The van der Waals surface area contributed by atoms with Crippen molar-refractivity contribution in [2.45, 2.75) is 83.3 Å². The van der Waals surface area contributed by atoms with E-state index in [0.29, 0.717) is 25.9 Å². The number of amides is 3. The van der Waals surface area contributed by atoms with E-state index in [2.05, 4.69) is 15.4 Å². The molecule has 3 N–H and O–H groups in total. The molecule has 3 amide bonds. The van der Waals surface area contributed by atoms with E-state index in [4.69, 9.17) is 0 Å². The highest BCUT2D eigenvalue weighted by molar-refractivity contribution is 5.95. The number of ketones is 1. The van der Waals surface area contributed by atoms with Crippen LogP contribution >= 0.6 is 0 Å². The summed E-state index contributed by atoms with van der Waals surface area (Å²) in [6.07, 6.45) is -2.65. The van der Waals surface area contributed by atoms with Gasteiger partial charge in [0.15, 0.2) is 5.78 Å². The Hall–Kier alpha value is -2.21. The molecule has 4 atom stereocenters.